The molecule has 0 amide bonds. The molecule has 2 aromatic heterocycles. The molecular weight excluding hydrogens is 176 g/mol. The predicted molar refractivity (Wildman–Crippen MR) is 55.6 cm³/mol. The lowest BCUT2D eigenvalue weighted by Crippen LogP contribution is -1.83. The highest BCUT2D eigenvalue weighted by Crippen LogP contribution is 2.10. The second-order valence-corrected chi connectivity index (χ2v) is 2.43. The van der Waals surface area contributed by atoms with Crippen LogP contribution in [0.4, 0.5) is 0 Å². The number of hydrogen-bond donors (Lipinski definition) is 1. The molecule has 0 unspecified atom stereocenters. The SMILES string of the molecule is CO.c1ccc(-c2ccccn2)nc1. The molecule has 3 heteroatoms. The minimum absolute atomic E-state index is 0.915. The maximum Gasteiger partial charge on any atom is 0.0886 e. The fourth-order valence-corrected chi connectivity index (χ4v) is 1.03. The van der Waals surface area contributed by atoms with Gasteiger partial charge in [0.1, 0.15) is 0 Å². The third kappa shape index (κ3) is 2.64. The van der Waals surface area contributed by atoms with Gasteiger partial charge in [-0.15, -0.1) is 0 Å². The Bertz CT molecular complexity index is 311. The number of hydrogen-bond acceptors (Lipinski definition) is 3. The number of aromatic nitrogens is 2. The van der Waals surface area contributed by atoms with Crippen LogP contribution in [-0.2, 0) is 0 Å². The molecule has 0 atom stereocenters. The van der Waals surface area contributed by atoms with Crippen LogP contribution >= 0.6 is 0 Å². The van der Waals surface area contributed by atoms with Gasteiger partial charge in [-0.2, -0.15) is 0 Å². The van der Waals surface area contributed by atoms with Gasteiger partial charge in [-0.05, 0) is 24.3 Å². The van der Waals surface area contributed by atoms with E-state index in [1.807, 2.05) is 36.4 Å². The quantitative estimate of drug-likeness (QED) is 0.741. The van der Waals surface area contributed by atoms with Gasteiger partial charge < -0.3 is 5.11 Å². The third-order valence-electron chi connectivity index (χ3n) is 1.59. The molecule has 0 saturated heterocycles. The maximum absolute atomic E-state index is 7.00. The summed E-state index contributed by atoms with van der Waals surface area (Å²) >= 11 is 0. The van der Waals surface area contributed by atoms with Crippen LogP contribution in [0.15, 0.2) is 48.8 Å². The molecular formula is C11H12N2O. The molecule has 72 valence electrons. The van der Waals surface area contributed by atoms with E-state index in [4.69, 9.17) is 5.11 Å². The Labute approximate surface area is 83.1 Å². The van der Waals surface area contributed by atoms with Crippen LogP contribution in [0.25, 0.3) is 11.4 Å². The van der Waals surface area contributed by atoms with Crippen molar-refractivity contribution in [2.45, 2.75) is 0 Å². The summed E-state index contributed by atoms with van der Waals surface area (Å²) in [4.78, 5) is 8.37. The van der Waals surface area contributed by atoms with Crippen LogP contribution in [0.5, 0.6) is 0 Å². The molecule has 1 N–H and O–H groups in total. The molecule has 0 bridgehead atoms. The predicted octanol–water partition coefficient (Wildman–Crippen LogP) is 1.75. The second kappa shape index (κ2) is 5.83. The van der Waals surface area contributed by atoms with Crippen LogP contribution in [0.1, 0.15) is 0 Å². The van der Waals surface area contributed by atoms with E-state index in [9.17, 15) is 0 Å². The average molecular weight is 188 g/mol. The Morgan fingerprint density at radius 1 is 0.786 bits per heavy atom. The van der Waals surface area contributed by atoms with Crippen LogP contribution in [0.2, 0.25) is 0 Å². The molecule has 0 aliphatic heterocycles. The Morgan fingerprint density at radius 3 is 1.50 bits per heavy atom. The molecule has 14 heavy (non-hydrogen) atoms. The maximum atomic E-state index is 7.00. The van der Waals surface area contributed by atoms with Crippen molar-refractivity contribution in [2.75, 3.05) is 7.11 Å². The zero-order chi connectivity index (χ0) is 10.2. The highest BCUT2D eigenvalue weighted by Gasteiger charge is 1.95. The first-order chi connectivity index (χ1) is 6.97. The summed E-state index contributed by atoms with van der Waals surface area (Å²) in [5.74, 6) is 0. The first-order valence-electron chi connectivity index (χ1n) is 4.24. The van der Waals surface area contributed by atoms with Gasteiger partial charge in [-0.3, -0.25) is 9.97 Å². The standard InChI is InChI=1S/C10H8N2.CH4O/c1-3-7-11-9(5-1)10-6-2-4-8-12-10;1-2/h1-8H;2H,1H3. The van der Waals surface area contributed by atoms with Gasteiger partial charge in [0.2, 0.25) is 0 Å². The Kier molecular flexibility index (Phi) is 4.31. The van der Waals surface area contributed by atoms with Crippen molar-refractivity contribution in [3.63, 3.8) is 0 Å². The average Bonchev–Trinajstić information content (AvgIpc) is 2.34. The Morgan fingerprint density at radius 2 is 1.21 bits per heavy atom. The highest BCUT2D eigenvalue weighted by atomic mass is 16.2. The summed E-state index contributed by atoms with van der Waals surface area (Å²) < 4.78 is 0. The lowest BCUT2D eigenvalue weighted by Gasteiger charge is -1.96. The summed E-state index contributed by atoms with van der Waals surface area (Å²) in [6.45, 7) is 0. The van der Waals surface area contributed by atoms with E-state index in [-0.39, 0.29) is 0 Å². The van der Waals surface area contributed by atoms with Crippen molar-refractivity contribution in [2.24, 2.45) is 0 Å². The first kappa shape index (κ1) is 10.3. The summed E-state index contributed by atoms with van der Waals surface area (Å²) in [5.41, 5.74) is 1.83. The van der Waals surface area contributed by atoms with E-state index >= 15 is 0 Å². The molecule has 0 spiro atoms. The molecule has 0 radical (unpaired) electrons. The van der Waals surface area contributed by atoms with Crippen molar-refractivity contribution in [1.29, 1.82) is 0 Å². The van der Waals surface area contributed by atoms with E-state index in [1.165, 1.54) is 0 Å². The van der Waals surface area contributed by atoms with Gasteiger partial charge in [0.15, 0.2) is 0 Å². The highest BCUT2D eigenvalue weighted by molar-refractivity contribution is 5.52. The van der Waals surface area contributed by atoms with Gasteiger partial charge in [0.05, 0.1) is 11.4 Å². The molecule has 0 aliphatic carbocycles. The lowest BCUT2D eigenvalue weighted by molar-refractivity contribution is 0.399. The first-order valence-corrected chi connectivity index (χ1v) is 4.24. The number of rotatable bonds is 1. The molecule has 2 aromatic rings. The summed E-state index contributed by atoms with van der Waals surface area (Å²) in [7, 11) is 1.00. The zero-order valence-electron chi connectivity index (χ0n) is 7.96. The van der Waals surface area contributed by atoms with Crippen LogP contribution in [0, 0.1) is 0 Å². The van der Waals surface area contributed by atoms with Gasteiger partial charge in [0, 0.05) is 19.5 Å². The van der Waals surface area contributed by atoms with E-state index in [1.54, 1.807) is 12.4 Å². The van der Waals surface area contributed by atoms with E-state index in [0.29, 0.717) is 0 Å². The molecule has 2 rings (SSSR count). The fourth-order valence-electron chi connectivity index (χ4n) is 1.03. The minimum Gasteiger partial charge on any atom is -0.400 e. The Hall–Kier alpha value is -1.74. The number of nitrogens with zero attached hydrogens (tertiary/aromatic N) is 2. The minimum atomic E-state index is 0.915. The fraction of sp³-hybridized carbons (Fsp3) is 0.0909. The molecule has 0 aliphatic rings. The van der Waals surface area contributed by atoms with Crippen LogP contribution in [-0.4, -0.2) is 22.2 Å². The van der Waals surface area contributed by atoms with Crippen LogP contribution in [0.3, 0.4) is 0 Å². The normalized spacial score (nSPS) is 8.71. The summed E-state index contributed by atoms with van der Waals surface area (Å²) in [6, 6.07) is 11.6. The van der Waals surface area contributed by atoms with Gasteiger partial charge in [-0.25, -0.2) is 0 Å². The van der Waals surface area contributed by atoms with Gasteiger partial charge in [-0.1, -0.05) is 12.1 Å². The van der Waals surface area contributed by atoms with Gasteiger partial charge >= 0.3 is 0 Å². The van der Waals surface area contributed by atoms with Crippen LogP contribution < -0.4 is 0 Å². The Balaban J connectivity index is 0.000000461. The van der Waals surface area contributed by atoms with Crippen molar-refractivity contribution >= 4 is 0 Å². The second-order valence-electron chi connectivity index (χ2n) is 2.43. The molecule has 0 fully saturated rings. The number of pyridine rings is 2. The largest absolute Gasteiger partial charge is 0.400 e. The summed E-state index contributed by atoms with van der Waals surface area (Å²) in [5, 5.41) is 7.00. The molecule has 2 heterocycles. The lowest BCUT2D eigenvalue weighted by atomic mass is 10.2. The number of aliphatic hydroxyl groups excluding tert-OH is 1. The monoisotopic (exact) mass is 188 g/mol. The molecule has 0 saturated carbocycles. The topological polar surface area (TPSA) is 46.0 Å². The molecule has 3 nitrogen and oxygen atoms in total. The molecule has 0 aromatic carbocycles. The van der Waals surface area contributed by atoms with Crippen molar-refractivity contribution in [1.82, 2.24) is 9.97 Å². The van der Waals surface area contributed by atoms with Crippen molar-refractivity contribution in [3.05, 3.63) is 48.8 Å². The van der Waals surface area contributed by atoms with E-state index < -0.39 is 0 Å². The zero-order valence-corrected chi connectivity index (χ0v) is 7.96. The summed E-state index contributed by atoms with van der Waals surface area (Å²) in [6.07, 6.45) is 3.54. The van der Waals surface area contributed by atoms with Crippen molar-refractivity contribution < 1.29 is 5.11 Å². The third-order valence-corrected chi connectivity index (χ3v) is 1.59. The van der Waals surface area contributed by atoms with E-state index in [0.717, 1.165) is 18.5 Å². The smallest absolute Gasteiger partial charge is 0.0886 e. The number of aliphatic hydroxyl groups is 1. The van der Waals surface area contributed by atoms with Crippen molar-refractivity contribution in [3.8, 4) is 11.4 Å². The van der Waals surface area contributed by atoms with Gasteiger partial charge in [0.25, 0.3) is 0 Å². The van der Waals surface area contributed by atoms with E-state index in [2.05, 4.69) is 9.97 Å².